The van der Waals surface area contributed by atoms with E-state index in [1.54, 1.807) is 25.1 Å². The van der Waals surface area contributed by atoms with Gasteiger partial charge in [-0.05, 0) is 55.0 Å². The molecule has 0 amide bonds. The van der Waals surface area contributed by atoms with Crippen LogP contribution in [0.2, 0.25) is 10.0 Å². The van der Waals surface area contributed by atoms with Crippen LogP contribution in [0.3, 0.4) is 0 Å². The Bertz CT molecular complexity index is 1120. The molecule has 0 heterocycles. The van der Waals surface area contributed by atoms with Crippen LogP contribution in [0.4, 0.5) is 5.69 Å². The molecule has 2 aromatic rings. The first kappa shape index (κ1) is 23.6. The molecule has 0 aliphatic rings. The first-order valence-electron chi connectivity index (χ1n) is 8.06. The van der Waals surface area contributed by atoms with Gasteiger partial charge < -0.3 is 4.90 Å². The highest BCUT2D eigenvalue weighted by molar-refractivity contribution is 7.91. The summed E-state index contributed by atoms with van der Waals surface area (Å²) in [5.74, 6) is 0. The summed E-state index contributed by atoms with van der Waals surface area (Å²) < 4.78 is 59.8. The zero-order valence-electron chi connectivity index (χ0n) is 15.7. The fourth-order valence-electron chi connectivity index (χ4n) is 2.52. The lowest BCUT2D eigenvalue weighted by Gasteiger charge is -2.30. The van der Waals surface area contributed by atoms with Gasteiger partial charge in [0, 0.05) is 24.1 Å². The van der Waals surface area contributed by atoms with Crippen LogP contribution in [-0.2, 0) is 20.1 Å². The molecule has 0 radical (unpaired) electrons. The van der Waals surface area contributed by atoms with E-state index in [0.717, 1.165) is 23.8 Å². The summed E-state index contributed by atoms with van der Waals surface area (Å²) in [7, 11) is -6.79. The zero-order chi connectivity index (χ0) is 22.0. The number of sulfonamides is 1. The normalized spacial score (nSPS) is 13.8. The first-order chi connectivity index (χ1) is 13.3. The van der Waals surface area contributed by atoms with Crippen molar-refractivity contribution in [2.45, 2.75) is 17.3 Å². The van der Waals surface area contributed by atoms with Gasteiger partial charge in [0.05, 0.1) is 16.9 Å². The molecule has 8 nitrogen and oxygen atoms in total. The van der Waals surface area contributed by atoms with Gasteiger partial charge in [-0.25, -0.2) is 13.4 Å². The average Bonchev–Trinajstić information content (AvgIpc) is 2.60. The molecule has 0 spiro atoms. The Hall–Kier alpha value is -1.69. The lowest BCUT2D eigenvalue weighted by Crippen LogP contribution is -2.51. The van der Waals surface area contributed by atoms with Crippen molar-refractivity contribution in [2.24, 2.45) is 4.99 Å². The Balaban J connectivity index is 2.40. The maximum absolute atomic E-state index is 12.8. The Morgan fingerprint density at radius 2 is 1.55 bits per heavy atom. The SMILES string of the molecule is Cc1cc(Cl)ccc1N=CN(C)C(N(C)S(=O)(=O)c1ccc(Cl)cc1)S(=O)(=O)O. The summed E-state index contributed by atoms with van der Waals surface area (Å²) in [6.45, 7) is 1.76. The minimum Gasteiger partial charge on any atom is -0.334 e. The maximum atomic E-state index is 12.8. The third-order valence-electron chi connectivity index (χ3n) is 3.95. The second-order valence-corrected chi connectivity index (χ2v) is 10.5. The van der Waals surface area contributed by atoms with E-state index < -0.39 is 25.6 Å². The number of benzene rings is 2. The molecule has 2 rings (SSSR count). The van der Waals surface area contributed by atoms with Crippen LogP contribution < -0.4 is 0 Å². The van der Waals surface area contributed by atoms with E-state index in [-0.39, 0.29) is 4.90 Å². The summed E-state index contributed by atoms with van der Waals surface area (Å²) in [4.78, 5) is 4.94. The van der Waals surface area contributed by atoms with Gasteiger partial charge >= 0.3 is 10.1 Å². The summed E-state index contributed by atoms with van der Waals surface area (Å²) in [6.07, 6.45) is 1.11. The van der Waals surface area contributed by atoms with Crippen molar-refractivity contribution in [2.75, 3.05) is 14.1 Å². The van der Waals surface area contributed by atoms with Crippen molar-refractivity contribution in [1.82, 2.24) is 9.21 Å². The van der Waals surface area contributed by atoms with Gasteiger partial charge in [0.2, 0.25) is 15.5 Å². The van der Waals surface area contributed by atoms with Crippen LogP contribution in [-0.4, -0.2) is 56.5 Å². The van der Waals surface area contributed by atoms with Gasteiger partial charge in [-0.1, -0.05) is 23.2 Å². The van der Waals surface area contributed by atoms with Gasteiger partial charge in [0.1, 0.15) is 0 Å². The molecule has 0 saturated heterocycles. The first-order valence-corrected chi connectivity index (χ1v) is 11.8. The molecule has 0 aromatic heterocycles. The number of nitrogens with zero attached hydrogens (tertiary/aromatic N) is 3. The fraction of sp³-hybridized carbons (Fsp3) is 0.235. The molecule has 0 saturated carbocycles. The number of hydrogen-bond donors (Lipinski definition) is 1. The molecular formula is C17H19Cl2N3O5S2. The van der Waals surface area contributed by atoms with E-state index in [2.05, 4.69) is 4.99 Å². The average molecular weight is 480 g/mol. The van der Waals surface area contributed by atoms with E-state index in [1.165, 1.54) is 31.3 Å². The second kappa shape index (κ2) is 8.99. The molecule has 0 fully saturated rings. The second-order valence-electron chi connectivity index (χ2n) is 6.16. The van der Waals surface area contributed by atoms with Gasteiger partial charge in [-0.2, -0.15) is 12.7 Å². The molecule has 158 valence electrons. The predicted octanol–water partition coefficient (Wildman–Crippen LogP) is 3.39. The van der Waals surface area contributed by atoms with E-state index in [4.69, 9.17) is 23.2 Å². The largest absolute Gasteiger partial charge is 0.334 e. The Labute approximate surface area is 180 Å². The van der Waals surface area contributed by atoms with Gasteiger partial charge in [0.15, 0.2) is 0 Å². The Morgan fingerprint density at radius 3 is 2.07 bits per heavy atom. The van der Waals surface area contributed by atoms with Crippen molar-refractivity contribution in [3.63, 3.8) is 0 Å². The highest BCUT2D eigenvalue weighted by Gasteiger charge is 2.38. The number of aryl methyl sites for hydroxylation is 1. The topological polar surface area (TPSA) is 107 Å². The molecule has 29 heavy (non-hydrogen) atoms. The van der Waals surface area contributed by atoms with Crippen LogP contribution >= 0.6 is 23.2 Å². The third kappa shape index (κ3) is 5.68. The predicted molar refractivity (Wildman–Crippen MR) is 114 cm³/mol. The molecular weight excluding hydrogens is 461 g/mol. The van der Waals surface area contributed by atoms with Gasteiger partial charge in [0.25, 0.3) is 0 Å². The quantitative estimate of drug-likeness (QED) is 0.282. The molecule has 1 N–H and O–H groups in total. The Kier molecular flexibility index (Phi) is 7.31. The van der Waals surface area contributed by atoms with Crippen molar-refractivity contribution in [1.29, 1.82) is 0 Å². The third-order valence-corrected chi connectivity index (χ3v) is 7.58. The van der Waals surface area contributed by atoms with Crippen LogP contribution in [0.1, 0.15) is 5.56 Å². The molecule has 12 heteroatoms. The number of hydrogen-bond acceptors (Lipinski definition) is 5. The van der Waals surface area contributed by atoms with E-state index in [0.29, 0.717) is 20.0 Å². The van der Waals surface area contributed by atoms with Gasteiger partial charge in [-0.3, -0.25) is 4.55 Å². The molecule has 0 aliphatic carbocycles. The summed E-state index contributed by atoms with van der Waals surface area (Å²) in [5.41, 5.74) is -0.717. The lowest BCUT2D eigenvalue weighted by atomic mass is 10.2. The fourth-order valence-corrected chi connectivity index (χ4v) is 5.59. The van der Waals surface area contributed by atoms with Crippen molar-refractivity contribution < 1.29 is 21.4 Å². The minimum absolute atomic E-state index is 0.183. The van der Waals surface area contributed by atoms with Crippen molar-refractivity contribution in [3.05, 3.63) is 58.1 Å². The maximum Gasteiger partial charge on any atom is 0.301 e. The van der Waals surface area contributed by atoms with Crippen LogP contribution in [0.5, 0.6) is 0 Å². The van der Waals surface area contributed by atoms with Crippen molar-refractivity contribution >= 4 is 55.4 Å². The van der Waals surface area contributed by atoms with E-state index in [1.807, 2.05) is 0 Å². The lowest BCUT2D eigenvalue weighted by molar-refractivity contribution is 0.280. The van der Waals surface area contributed by atoms with Crippen LogP contribution in [0.15, 0.2) is 52.4 Å². The monoisotopic (exact) mass is 479 g/mol. The Morgan fingerprint density at radius 1 is 1.00 bits per heavy atom. The summed E-state index contributed by atoms with van der Waals surface area (Å²) in [5, 5.41) is 0.833. The summed E-state index contributed by atoms with van der Waals surface area (Å²) in [6, 6.07) is 10.1. The molecule has 1 atom stereocenters. The molecule has 0 aliphatic heterocycles. The highest BCUT2D eigenvalue weighted by Crippen LogP contribution is 2.24. The standard InChI is InChI=1S/C17H19Cl2N3O5S2/c1-12-10-14(19)6-9-16(12)20-11-21(2)17(29(25,26)27)22(3)28(23,24)15-7-4-13(18)5-8-15/h4-11,17H,1-3H3,(H,25,26,27). The summed E-state index contributed by atoms with van der Waals surface area (Å²) >= 11 is 11.7. The minimum atomic E-state index is -4.85. The zero-order valence-corrected chi connectivity index (χ0v) is 18.8. The number of aliphatic imine (C=N–C) groups is 1. The van der Waals surface area contributed by atoms with Crippen LogP contribution in [0.25, 0.3) is 0 Å². The van der Waals surface area contributed by atoms with E-state index >= 15 is 0 Å². The smallest absolute Gasteiger partial charge is 0.301 e. The highest BCUT2D eigenvalue weighted by atomic mass is 35.5. The number of halogens is 2. The van der Waals surface area contributed by atoms with Gasteiger partial charge in [-0.15, -0.1) is 0 Å². The molecule has 2 aromatic carbocycles. The van der Waals surface area contributed by atoms with Crippen molar-refractivity contribution in [3.8, 4) is 0 Å². The molecule has 1 unspecified atom stereocenters. The molecule has 0 bridgehead atoms. The number of rotatable bonds is 7. The van der Waals surface area contributed by atoms with Crippen LogP contribution in [0, 0.1) is 6.92 Å². The van der Waals surface area contributed by atoms with E-state index in [9.17, 15) is 21.4 Å².